The van der Waals surface area contributed by atoms with Crippen LogP contribution >= 0.6 is 0 Å². The Bertz CT molecular complexity index is 1040. The van der Waals surface area contributed by atoms with Crippen LogP contribution in [0.15, 0.2) is 48.5 Å². The molecule has 6 heteroatoms. The topological polar surface area (TPSA) is 82.9 Å². The molecule has 3 aromatic rings. The number of rotatable bonds is 5. The lowest BCUT2D eigenvalue weighted by Crippen LogP contribution is -2.38. The van der Waals surface area contributed by atoms with E-state index in [9.17, 15) is 15.0 Å². The van der Waals surface area contributed by atoms with Crippen LogP contribution in [0.4, 0.5) is 0 Å². The normalized spacial score (nSPS) is 15.5. The summed E-state index contributed by atoms with van der Waals surface area (Å²) < 4.78 is 6.29. The number of carboxylic acid groups (broad SMARTS) is 1. The van der Waals surface area contributed by atoms with Gasteiger partial charge in [0.15, 0.2) is 0 Å². The van der Waals surface area contributed by atoms with Gasteiger partial charge in [0.05, 0.1) is 11.1 Å². The zero-order chi connectivity index (χ0) is 20.4. The van der Waals surface area contributed by atoms with E-state index in [0.29, 0.717) is 12.1 Å². The predicted molar refractivity (Wildman–Crippen MR) is 110 cm³/mol. The number of benzene rings is 2. The molecule has 0 atom stereocenters. The minimum atomic E-state index is -0.887. The Morgan fingerprint density at radius 3 is 2.69 bits per heavy atom. The summed E-state index contributed by atoms with van der Waals surface area (Å²) in [6.07, 6.45) is 1.79. The molecule has 1 saturated heterocycles. The summed E-state index contributed by atoms with van der Waals surface area (Å²) in [5, 5.41) is 20.0. The van der Waals surface area contributed by atoms with Gasteiger partial charge in [0.25, 0.3) is 0 Å². The quantitative estimate of drug-likeness (QED) is 0.683. The molecule has 1 aliphatic rings. The lowest BCUT2D eigenvalue weighted by Gasteiger charge is -2.32. The van der Waals surface area contributed by atoms with Crippen molar-refractivity contribution in [3.8, 4) is 11.5 Å². The van der Waals surface area contributed by atoms with Crippen LogP contribution in [0.1, 0.15) is 34.5 Å². The van der Waals surface area contributed by atoms with Crippen LogP contribution in [0.5, 0.6) is 11.5 Å². The number of hydrogen-bond donors (Lipinski definition) is 2. The highest BCUT2D eigenvalue weighted by Gasteiger charge is 2.23. The van der Waals surface area contributed by atoms with E-state index in [1.54, 1.807) is 30.3 Å². The Hall–Kier alpha value is -3.12. The number of piperidine rings is 1. The van der Waals surface area contributed by atoms with E-state index in [4.69, 9.17) is 4.74 Å². The molecule has 1 aliphatic heterocycles. The Morgan fingerprint density at radius 1 is 1.17 bits per heavy atom. The van der Waals surface area contributed by atoms with Crippen LogP contribution < -0.4 is 4.74 Å². The molecular weight excluding hydrogens is 368 g/mol. The number of carboxylic acids is 1. The number of carbonyl (C=O) groups is 1. The molecule has 0 amide bonds. The number of ether oxygens (including phenoxy) is 1. The number of likely N-dealkylation sites (tertiary alicyclic amines) is 1. The van der Waals surface area contributed by atoms with Crippen molar-refractivity contribution >= 4 is 16.9 Å². The Morgan fingerprint density at radius 2 is 1.93 bits per heavy atom. The van der Waals surface area contributed by atoms with E-state index in [1.165, 1.54) is 0 Å². The summed E-state index contributed by atoms with van der Waals surface area (Å²) in [7, 11) is 0. The Kier molecular flexibility index (Phi) is 5.36. The highest BCUT2D eigenvalue weighted by Crippen LogP contribution is 2.31. The van der Waals surface area contributed by atoms with Gasteiger partial charge in [-0.25, -0.2) is 4.79 Å². The lowest BCUT2D eigenvalue weighted by molar-refractivity contribution is 0.0690. The first-order chi connectivity index (χ1) is 14.0. The predicted octanol–water partition coefficient (Wildman–Crippen LogP) is 3.99. The van der Waals surface area contributed by atoms with Crippen molar-refractivity contribution in [3.63, 3.8) is 0 Å². The number of aromatic carboxylic acids is 1. The molecule has 1 fully saturated rings. The lowest BCUT2D eigenvalue weighted by atomic mass is 10.0. The molecule has 0 radical (unpaired) electrons. The summed E-state index contributed by atoms with van der Waals surface area (Å²) in [5.74, 6) is 0.0556. The molecule has 1 aromatic heterocycles. The zero-order valence-corrected chi connectivity index (χ0v) is 16.3. The molecule has 29 heavy (non-hydrogen) atoms. The molecule has 4 rings (SSSR count). The van der Waals surface area contributed by atoms with Gasteiger partial charge in [-0.05, 0) is 49.6 Å². The van der Waals surface area contributed by atoms with Gasteiger partial charge in [-0.15, -0.1) is 0 Å². The summed E-state index contributed by atoms with van der Waals surface area (Å²) in [6, 6.07) is 14.2. The second-order valence-corrected chi connectivity index (χ2v) is 7.52. The number of hydrogen-bond acceptors (Lipinski definition) is 5. The first-order valence-corrected chi connectivity index (χ1v) is 9.80. The first-order valence-electron chi connectivity index (χ1n) is 9.80. The monoisotopic (exact) mass is 392 g/mol. The molecular formula is C23H24N2O4. The largest absolute Gasteiger partial charge is 0.508 e. The third-order valence-electron chi connectivity index (χ3n) is 5.35. The van der Waals surface area contributed by atoms with Gasteiger partial charge in [-0.1, -0.05) is 18.2 Å². The molecule has 2 heterocycles. The molecule has 6 nitrogen and oxygen atoms in total. The smallest absolute Gasteiger partial charge is 0.336 e. The maximum atomic E-state index is 11.4. The van der Waals surface area contributed by atoms with Gasteiger partial charge in [0, 0.05) is 36.8 Å². The Labute approximate surface area is 169 Å². The molecule has 2 aromatic carbocycles. The van der Waals surface area contributed by atoms with Gasteiger partial charge < -0.3 is 14.9 Å². The van der Waals surface area contributed by atoms with E-state index >= 15 is 0 Å². The number of aryl methyl sites for hydroxylation is 1. The van der Waals surface area contributed by atoms with E-state index in [1.807, 2.05) is 25.1 Å². The fraction of sp³-hybridized carbons (Fsp3) is 0.304. The fourth-order valence-corrected chi connectivity index (χ4v) is 3.88. The van der Waals surface area contributed by atoms with Crippen LogP contribution in [-0.2, 0) is 6.54 Å². The van der Waals surface area contributed by atoms with Gasteiger partial charge in [-0.3, -0.25) is 9.88 Å². The molecule has 0 saturated carbocycles. The Balaban J connectivity index is 1.43. The van der Waals surface area contributed by atoms with Crippen molar-refractivity contribution in [2.75, 3.05) is 13.1 Å². The second-order valence-electron chi connectivity index (χ2n) is 7.52. The maximum Gasteiger partial charge on any atom is 0.336 e. The van der Waals surface area contributed by atoms with Crippen molar-refractivity contribution in [3.05, 3.63) is 65.4 Å². The zero-order valence-electron chi connectivity index (χ0n) is 16.3. The van der Waals surface area contributed by atoms with E-state index in [2.05, 4.69) is 9.88 Å². The molecule has 0 aliphatic carbocycles. The molecule has 2 N–H and O–H groups in total. The van der Waals surface area contributed by atoms with Gasteiger partial charge in [0.1, 0.15) is 17.6 Å². The number of nitrogens with zero attached hydrogens (tertiary/aromatic N) is 2. The molecule has 0 spiro atoms. The van der Waals surface area contributed by atoms with Crippen LogP contribution in [-0.4, -0.2) is 45.3 Å². The first kappa shape index (κ1) is 19.2. The van der Waals surface area contributed by atoms with Crippen molar-refractivity contribution in [2.45, 2.75) is 32.4 Å². The van der Waals surface area contributed by atoms with Crippen molar-refractivity contribution in [1.82, 2.24) is 9.88 Å². The second kappa shape index (κ2) is 8.09. The highest BCUT2D eigenvalue weighted by molar-refractivity contribution is 5.89. The van der Waals surface area contributed by atoms with Crippen LogP contribution in [0.3, 0.4) is 0 Å². The summed E-state index contributed by atoms with van der Waals surface area (Å²) >= 11 is 0. The third kappa shape index (κ3) is 4.32. The SMILES string of the molecule is Cc1cc(OC2CCN(Cc3ccccc3C(=O)O)CC2)c2cc(O)ccc2n1. The molecule has 0 unspecified atom stereocenters. The minimum absolute atomic E-state index is 0.0771. The number of aromatic hydroxyl groups is 1. The minimum Gasteiger partial charge on any atom is -0.508 e. The maximum absolute atomic E-state index is 11.4. The number of fused-ring (bicyclic) bond motifs is 1. The van der Waals surface area contributed by atoms with Gasteiger partial charge >= 0.3 is 5.97 Å². The number of phenolic OH excluding ortho intramolecular Hbond substituents is 1. The van der Waals surface area contributed by atoms with Crippen LogP contribution in [0.25, 0.3) is 10.9 Å². The van der Waals surface area contributed by atoms with E-state index in [-0.39, 0.29) is 11.9 Å². The highest BCUT2D eigenvalue weighted by atomic mass is 16.5. The number of phenols is 1. The number of aromatic nitrogens is 1. The van der Waals surface area contributed by atoms with Crippen molar-refractivity contribution < 1.29 is 19.7 Å². The molecule has 0 bridgehead atoms. The van der Waals surface area contributed by atoms with Gasteiger partial charge in [-0.2, -0.15) is 0 Å². The standard InChI is InChI=1S/C23H24N2O4/c1-15-12-22(20-13-17(26)6-7-21(20)24-15)29-18-8-10-25(11-9-18)14-16-4-2-3-5-19(16)23(27)28/h2-7,12-13,18,26H,8-11,14H2,1H3,(H,27,28). The van der Waals surface area contributed by atoms with E-state index in [0.717, 1.165) is 53.8 Å². The fourth-order valence-electron chi connectivity index (χ4n) is 3.88. The van der Waals surface area contributed by atoms with Crippen molar-refractivity contribution in [2.24, 2.45) is 0 Å². The average Bonchev–Trinajstić information content (AvgIpc) is 2.70. The van der Waals surface area contributed by atoms with Crippen molar-refractivity contribution in [1.29, 1.82) is 0 Å². The van der Waals surface area contributed by atoms with Crippen LogP contribution in [0.2, 0.25) is 0 Å². The van der Waals surface area contributed by atoms with E-state index < -0.39 is 5.97 Å². The number of pyridine rings is 1. The summed E-state index contributed by atoms with van der Waals surface area (Å²) in [5.41, 5.74) is 2.89. The van der Waals surface area contributed by atoms with Gasteiger partial charge in [0.2, 0.25) is 0 Å². The summed E-state index contributed by atoms with van der Waals surface area (Å²) in [6.45, 7) is 4.24. The average molecular weight is 392 g/mol. The third-order valence-corrected chi connectivity index (χ3v) is 5.35. The molecule has 150 valence electrons. The summed E-state index contributed by atoms with van der Waals surface area (Å²) in [4.78, 5) is 18.2. The van der Waals surface area contributed by atoms with Crippen LogP contribution in [0, 0.1) is 6.92 Å².